The zero-order chi connectivity index (χ0) is 11.3. The molecule has 1 aliphatic heterocycles. The molecule has 15 heavy (non-hydrogen) atoms. The normalized spacial score (nSPS) is 26.6. The fourth-order valence-electron chi connectivity index (χ4n) is 2.60. The molecule has 0 spiro atoms. The monoisotopic (exact) mass is 212 g/mol. The predicted octanol–water partition coefficient (Wildman–Crippen LogP) is 2.62. The summed E-state index contributed by atoms with van der Waals surface area (Å²) in [5.74, 6) is 0.788. The first-order chi connectivity index (χ1) is 7.11. The highest BCUT2D eigenvalue weighted by molar-refractivity contribution is 4.78. The van der Waals surface area contributed by atoms with Crippen molar-refractivity contribution in [3.63, 3.8) is 0 Å². The lowest BCUT2D eigenvalue weighted by atomic mass is 9.98. The summed E-state index contributed by atoms with van der Waals surface area (Å²) in [7, 11) is 0. The summed E-state index contributed by atoms with van der Waals surface area (Å²) in [6.07, 6.45) is 6.73. The van der Waals surface area contributed by atoms with Crippen LogP contribution in [0.1, 0.15) is 52.9 Å². The Labute approximate surface area is 95.2 Å². The van der Waals surface area contributed by atoms with Crippen molar-refractivity contribution in [2.24, 2.45) is 11.7 Å². The van der Waals surface area contributed by atoms with Crippen LogP contribution in [0, 0.1) is 5.92 Å². The third-order valence-electron chi connectivity index (χ3n) is 3.56. The second kappa shape index (κ2) is 6.49. The second-order valence-electron chi connectivity index (χ2n) is 5.46. The minimum atomic E-state index is 0.348. The molecule has 0 amide bonds. The number of nitrogens with two attached hydrogens (primary N) is 1. The van der Waals surface area contributed by atoms with Crippen LogP contribution in [-0.2, 0) is 0 Å². The lowest BCUT2D eigenvalue weighted by Crippen LogP contribution is -2.40. The van der Waals surface area contributed by atoms with E-state index in [1.165, 1.54) is 38.8 Å². The van der Waals surface area contributed by atoms with Crippen molar-refractivity contribution in [2.45, 2.75) is 65.0 Å². The molecule has 2 nitrogen and oxygen atoms in total. The highest BCUT2D eigenvalue weighted by atomic mass is 15.2. The molecule has 0 saturated carbocycles. The van der Waals surface area contributed by atoms with Gasteiger partial charge in [0.1, 0.15) is 0 Å². The summed E-state index contributed by atoms with van der Waals surface area (Å²) in [4.78, 5) is 2.68. The fourth-order valence-corrected chi connectivity index (χ4v) is 2.60. The van der Waals surface area contributed by atoms with Gasteiger partial charge in [-0.1, -0.05) is 26.7 Å². The van der Waals surface area contributed by atoms with Gasteiger partial charge in [-0.25, -0.2) is 0 Å². The van der Waals surface area contributed by atoms with E-state index in [-0.39, 0.29) is 0 Å². The Morgan fingerprint density at radius 2 is 1.93 bits per heavy atom. The topological polar surface area (TPSA) is 29.3 Å². The first-order valence-corrected chi connectivity index (χ1v) is 6.61. The van der Waals surface area contributed by atoms with Gasteiger partial charge in [0.05, 0.1) is 0 Å². The molecule has 2 heteroatoms. The molecule has 0 radical (unpaired) electrons. The lowest BCUT2D eigenvalue weighted by Gasteiger charge is -2.33. The van der Waals surface area contributed by atoms with Crippen molar-refractivity contribution in [1.82, 2.24) is 4.90 Å². The van der Waals surface area contributed by atoms with Gasteiger partial charge in [0.2, 0.25) is 0 Å². The van der Waals surface area contributed by atoms with Crippen LogP contribution in [0.3, 0.4) is 0 Å². The van der Waals surface area contributed by atoms with E-state index in [9.17, 15) is 0 Å². The van der Waals surface area contributed by atoms with Gasteiger partial charge in [0, 0.05) is 12.1 Å². The molecule has 1 fully saturated rings. The molecule has 2 unspecified atom stereocenters. The predicted molar refractivity (Wildman–Crippen MR) is 66.9 cm³/mol. The largest absolute Gasteiger partial charge is 0.328 e. The zero-order valence-electron chi connectivity index (χ0n) is 10.7. The smallest absolute Gasteiger partial charge is 0.0118 e. The molecule has 0 aromatic carbocycles. The van der Waals surface area contributed by atoms with E-state index in [0.29, 0.717) is 6.04 Å². The van der Waals surface area contributed by atoms with Gasteiger partial charge < -0.3 is 10.6 Å². The average Bonchev–Trinajstić information content (AvgIpc) is 2.39. The Bertz CT molecular complexity index is 166. The molecular weight excluding hydrogens is 184 g/mol. The number of likely N-dealkylation sites (tertiary alicyclic amines) is 1. The van der Waals surface area contributed by atoms with Crippen LogP contribution < -0.4 is 5.73 Å². The standard InChI is InChI=1S/C13H28N2/c1-11(2)13-7-5-4-6-9-15(13)10-8-12(3)14/h11-13H,4-10,14H2,1-3H3. The molecule has 90 valence electrons. The van der Waals surface area contributed by atoms with E-state index in [4.69, 9.17) is 5.73 Å². The molecule has 0 aromatic rings. The van der Waals surface area contributed by atoms with Crippen LogP contribution in [0.25, 0.3) is 0 Å². The summed E-state index contributed by atoms with van der Waals surface area (Å²) in [6, 6.07) is 1.15. The zero-order valence-corrected chi connectivity index (χ0v) is 10.7. The summed E-state index contributed by atoms with van der Waals surface area (Å²) >= 11 is 0. The second-order valence-corrected chi connectivity index (χ2v) is 5.46. The Kier molecular flexibility index (Phi) is 5.62. The van der Waals surface area contributed by atoms with E-state index >= 15 is 0 Å². The van der Waals surface area contributed by atoms with E-state index in [0.717, 1.165) is 18.4 Å². The SMILES string of the molecule is CC(N)CCN1CCCCCC1C(C)C. The van der Waals surface area contributed by atoms with Gasteiger partial charge >= 0.3 is 0 Å². The van der Waals surface area contributed by atoms with Crippen molar-refractivity contribution in [1.29, 1.82) is 0 Å². The summed E-state index contributed by atoms with van der Waals surface area (Å²) in [5, 5.41) is 0. The summed E-state index contributed by atoms with van der Waals surface area (Å²) < 4.78 is 0. The van der Waals surface area contributed by atoms with Gasteiger partial charge in [-0.3, -0.25) is 0 Å². The molecule has 0 bridgehead atoms. The minimum Gasteiger partial charge on any atom is -0.328 e. The highest BCUT2D eigenvalue weighted by Gasteiger charge is 2.23. The first kappa shape index (κ1) is 13.0. The van der Waals surface area contributed by atoms with Gasteiger partial charge in [0.15, 0.2) is 0 Å². The quantitative estimate of drug-likeness (QED) is 0.776. The minimum absolute atomic E-state index is 0.348. The molecule has 0 aliphatic carbocycles. The summed E-state index contributed by atoms with van der Waals surface area (Å²) in [5.41, 5.74) is 5.84. The third kappa shape index (κ3) is 4.52. The Hall–Kier alpha value is -0.0800. The van der Waals surface area contributed by atoms with Crippen molar-refractivity contribution < 1.29 is 0 Å². The Morgan fingerprint density at radius 3 is 2.53 bits per heavy atom. The summed E-state index contributed by atoms with van der Waals surface area (Å²) in [6.45, 7) is 9.31. The van der Waals surface area contributed by atoms with Gasteiger partial charge in [-0.15, -0.1) is 0 Å². The number of rotatable bonds is 4. The maximum absolute atomic E-state index is 5.84. The van der Waals surface area contributed by atoms with Crippen molar-refractivity contribution >= 4 is 0 Å². The molecule has 1 aliphatic rings. The Morgan fingerprint density at radius 1 is 1.20 bits per heavy atom. The number of hydrogen-bond acceptors (Lipinski definition) is 2. The van der Waals surface area contributed by atoms with Crippen LogP contribution in [-0.4, -0.2) is 30.1 Å². The van der Waals surface area contributed by atoms with Crippen LogP contribution in [0.2, 0.25) is 0 Å². The molecule has 1 saturated heterocycles. The third-order valence-corrected chi connectivity index (χ3v) is 3.56. The van der Waals surface area contributed by atoms with Crippen molar-refractivity contribution in [3.05, 3.63) is 0 Å². The molecule has 2 atom stereocenters. The highest BCUT2D eigenvalue weighted by Crippen LogP contribution is 2.22. The molecular formula is C13H28N2. The first-order valence-electron chi connectivity index (χ1n) is 6.61. The van der Waals surface area contributed by atoms with Crippen LogP contribution in [0.5, 0.6) is 0 Å². The van der Waals surface area contributed by atoms with Crippen LogP contribution >= 0.6 is 0 Å². The van der Waals surface area contributed by atoms with E-state index in [1.54, 1.807) is 0 Å². The molecule has 1 heterocycles. The maximum Gasteiger partial charge on any atom is 0.0118 e. The molecule has 0 aromatic heterocycles. The fraction of sp³-hybridized carbons (Fsp3) is 1.00. The Balaban J connectivity index is 2.46. The van der Waals surface area contributed by atoms with E-state index in [2.05, 4.69) is 25.7 Å². The van der Waals surface area contributed by atoms with Gasteiger partial charge in [0.25, 0.3) is 0 Å². The number of hydrogen-bond donors (Lipinski definition) is 1. The maximum atomic E-state index is 5.84. The van der Waals surface area contributed by atoms with E-state index < -0.39 is 0 Å². The molecule has 2 N–H and O–H groups in total. The average molecular weight is 212 g/mol. The molecule has 1 rings (SSSR count). The van der Waals surface area contributed by atoms with Crippen molar-refractivity contribution in [2.75, 3.05) is 13.1 Å². The van der Waals surface area contributed by atoms with Gasteiger partial charge in [-0.05, 0) is 45.2 Å². The van der Waals surface area contributed by atoms with Crippen LogP contribution in [0.15, 0.2) is 0 Å². The lowest BCUT2D eigenvalue weighted by molar-refractivity contribution is 0.153. The van der Waals surface area contributed by atoms with E-state index in [1.807, 2.05) is 0 Å². The van der Waals surface area contributed by atoms with Crippen molar-refractivity contribution in [3.8, 4) is 0 Å². The van der Waals surface area contributed by atoms with Gasteiger partial charge in [-0.2, -0.15) is 0 Å². The number of nitrogens with zero attached hydrogens (tertiary/aromatic N) is 1. The van der Waals surface area contributed by atoms with Crippen LogP contribution in [0.4, 0.5) is 0 Å².